The Balaban J connectivity index is 1.98. The average molecular weight is 464 g/mol. The number of aromatic nitrogens is 2. The summed E-state index contributed by atoms with van der Waals surface area (Å²) < 4.78 is 0. The van der Waals surface area contributed by atoms with Crippen LogP contribution in [0.25, 0.3) is 5.76 Å². The zero-order valence-electron chi connectivity index (χ0n) is 17.4. The van der Waals surface area contributed by atoms with Gasteiger partial charge in [0.25, 0.3) is 11.5 Å². The summed E-state index contributed by atoms with van der Waals surface area (Å²) in [5.41, 5.74) is 0.372. The number of aliphatic hydroxyl groups is 1. The van der Waals surface area contributed by atoms with Gasteiger partial charge in [0.05, 0.1) is 27.1 Å². The molecule has 166 valence electrons. The normalized spacial score (nSPS) is 17.4. The lowest BCUT2D eigenvalue weighted by Crippen LogP contribution is -2.29. The number of hydrogen-bond donors (Lipinski definition) is 1. The Labute approximate surface area is 191 Å². The standard InChI is InChI=1S/C22H16N4O6S/c1-11-20(12(2)27)33-22(24-11)25-17(14-4-3-5-15(10-14)26(31)32)16(19(29)21(25)30)18(28)13-6-8-23-9-7-13/h3-10,17,28H,1-2H3. The summed E-state index contributed by atoms with van der Waals surface area (Å²) in [6, 6.07) is 7.19. The van der Waals surface area contributed by atoms with E-state index in [9.17, 15) is 29.6 Å². The predicted octanol–water partition coefficient (Wildman–Crippen LogP) is 3.58. The number of carbonyl (C=O) groups excluding carboxylic acids is 3. The van der Waals surface area contributed by atoms with Gasteiger partial charge in [0.1, 0.15) is 5.76 Å². The van der Waals surface area contributed by atoms with E-state index in [1.165, 1.54) is 55.7 Å². The molecule has 1 aliphatic rings. The molecule has 0 spiro atoms. The van der Waals surface area contributed by atoms with Crippen molar-refractivity contribution >= 4 is 45.4 Å². The van der Waals surface area contributed by atoms with Gasteiger partial charge in [-0.3, -0.25) is 34.4 Å². The summed E-state index contributed by atoms with van der Waals surface area (Å²) in [5, 5.41) is 22.4. The summed E-state index contributed by atoms with van der Waals surface area (Å²) in [7, 11) is 0. The minimum Gasteiger partial charge on any atom is -0.507 e. The van der Waals surface area contributed by atoms with Crippen molar-refractivity contribution in [3.8, 4) is 0 Å². The molecule has 3 heterocycles. The van der Waals surface area contributed by atoms with Crippen molar-refractivity contribution in [2.75, 3.05) is 4.90 Å². The number of carbonyl (C=O) groups is 3. The van der Waals surface area contributed by atoms with Gasteiger partial charge in [-0.25, -0.2) is 4.98 Å². The van der Waals surface area contributed by atoms with Crippen molar-refractivity contribution in [3.05, 3.63) is 86.2 Å². The van der Waals surface area contributed by atoms with E-state index in [0.717, 1.165) is 16.2 Å². The lowest BCUT2D eigenvalue weighted by molar-refractivity contribution is -0.384. The number of benzene rings is 1. The molecule has 11 heteroatoms. The van der Waals surface area contributed by atoms with Gasteiger partial charge in [-0.2, -0.15) is 0 Å². The van der Waals surface area contributed by atoms with E-state index in [4.69, 9.17) is 0 Å². The highest BCUT2D eigenvalue weighted by Gasteiger charge is 2.48. The van der Waals surface area contributed by atoms with Crippen LogP contribution in [0.4, 0.5) is 10.8 Å². The third kappa shape index (κ3) is 3.78. The molecule has 1 saturated heterocycles. The molecular formula is C22H16N4O6S. The maximum atomic E-state index is 13.1. The van der Waals surface area contributed by atoms with E-state index in [2.05, 4.69) is 9.97 Å². The second kappa shape index (κ2) is 8.36. The van der Waals surface area contributed by atoms with Crippen LogP contribution in [0.15, 0.2) is 54.4 Å². The molecule has 33 heavy (non-hydrogen) atoms. The number of ketones is 2. The average Bonchev–Trinajstić information content (AvgIpc) is 3.31. The Kier molecular flexibility index (Phi) is 5.56. The lowest BCUT2D eigenvalue weighted by Gasteiger charge is -2.22. The van der Waals surface area contributed by atoms with E-state index in [1.807, 2.05) is 0 Å². The Morgan fingerprint density at radius 1 is 1.21 bits per heavy atom. The van der Waals surface area contributed by atoms with Crippen molar-refractivity contribution in [1.29, 1.82) is 0 Å². The number of aryl methyl sites for hydroxylation is 1. The first-order valence-corrected chi connectivity index (χ1v) is 10.5. The second-order valence-electron chi connectivity index (χ2n) is 7.22. The number of nitro groups is 1. The van der Waals surface area contributed by atoms with Gasteiger partial charge in [0.2, 0.25) is 0 Å². The summed E-state index contributed by atoms with van der Waals surface area (Å²) >= 11 is 0.933. The van der Waals surface area contributed by atoms with Gasteiger partial charge >= 0.3 is 5.91 Å². The molecule has 1 aromatic carbocycles. The van der Waals surface area contributed by atoms with Crippen molar-refractivity contribution in [2.45, 2.75) is 19.9 Å². The second-order valence-corrected chi connectivity index (χ2v) is 8.20. The van der Waals surface area contributed by atoms with Crippen LogP contribution in [0.5, 0.6) is 0 Å². The molecule has 0 saturated carbocycles. The SMILES string of the molecule is CC(=O)c1sc(N2C(=O)C(=O)C(=C(O)c3ccncc3)C2c2cccc([N+](=O)[O-])c2)nc1C. The number of pyridine rings is 1. The molecular weight excluding hydrogens is 448 g/mol. The fourth-order valence-electron chi connectivity index (χ4n) is 3.63. The largest absolute Gasteiger partial charge is 0.507 e. The molecule has 1 atom stereocenters. The third-order valence-electron chi connectivity index (χ3n) is 5.11. The lowest BCUT2D eigenvalue weighted by atomic mass is 9.95. The van der Waals surface area contributed by atoms with E-state index < -0.39 is 28.4 Å². The summed E-state index contributed by atoms with van der Waals surface area (Å²) in [6.45, 7) is 2.96. The Morgan fingerprint density at radius 2 is 1.91 bits per heavy atom. The first-order valence-electron chi connectivity index (χ1n) is 9.64. The number of hydrogen-bond acceptors (Lipinski definition) is 9. The van der Waals surface area contributed by atoms with Crippen LogP contribution < -0.4 is 4.90 Å². The van der Waals surface area contributed by atoms with Crippen molar-refractivity contribution in [3.63, 3.8) is 0 Å². The van der Waals surface area contributed by atoms with Crippen LogP contribution in [0, 0.1) is 17.0 Å². The monoisotopic (exact) mass is 464 g/mol. The first-order chi connectivity index (χ1) is 15.7. The van der Waals surface area contributed by atoms with Gasteiger partial charge < -0.3 is 5.11 Å². The minimum absolute atomic E-state index is 0.0742. The van der Waals surface area contributed by atoms with Gasteiger partial charge in [-0.15, -0.1) is 0 Å². The van der Waals surface area contributed by atoms with Crippen molar-refractivity contribution in [2.24, 2.45) is 0 Å². The zero-order chi connectivity index (χ0) is 23.9. The molecule has 0 aliphatic carbocycles. The summed E-state index contributed by atoms with van der Waals surface area (Å²) in [5.74, 6) is -2.64. The zero-order valence-corrected chi connectivity index (χ0v) is 18.2. The van der Waals surface area contributed by atoms with Crippen LogP contribution >= 0.6 is 11.3 Å². The molecule has 1 fully saturated rings. The van der Waals surface area contributed by atoms with Gasteiger partial charge in [0, 0.05) is 37.0 Å². The number of thiazole rings is 1. The third-order valence-corrected chi connectivity index (χ3v) is 6.36. The van der Waals surface area contributed by atoms with Crippen LogP contribution in [0.3, 0.4) is 0 Å². The number of non-ortho nitro benzene ring substituents is 1. The number of rotatable bonds is 5. The molecule has 4 rings (SSSR count). The van der Waals surface area contributed by atoms with Crippen LogP contribution in [0.2, 0.25) is 0 Å². The molecule has 1 aliphatic heterocycles. The van der Waals surface area contributed by atoms with E-state index in [-0.39, 0.29) is 33.3 Å². The first kappa shape index (κ1) is 22.0. The molecule has 1 N–H and O–H groups in total. The van der Waals surface area contributed by atoms with Gasteiger partial charge in [0.15, 0.2) is 10.9 Å². The minimum atomic E-state index is -1.19. The number of amides is 1. The number of anilines is 1. The van der Waals surface area contributed by atoms with Crippen molar-refractivity contribution < 1.29 is 24.4 Å². The van der Waals surface area contributed by atoms with Crippen LogP contribution in [0.1, 0.15) is 39.5 Å². The predicted molar refractivity (Wildman–Crippen MR) is 119 cm³/mol. The highest BCUT2D eigenvalue weighted by molar-refractivity contribution is 7.18. The molecule has 10 nitrogen and oxygen atoms in total. The maximum absolute atomic E-state index is 13.1. The van der Waals surface area contributed by atoms with E-state index in [1.54, 1.807) is 6.92 Å². The summed E-state index contributed by atoms with van der Waals surface area (Å²) in [6.07, 6.45) is 2.83. The van der Waals surface area contributed by atoms with Gasteiger partial charge in [-0.1, -0.05) is 23.5 Å². The Bertz CT molecular complexity index is 1350. The quantitative estimate of drug-likeness (QED) is 0.151. The molecule has 0 radical (unpaired) electrons. The van der Waals surface area contributed by atoms with Crippen molar-refractivity contribution in [1.82, 2.24) is 9.97 Å². The van der Waals surface area contributed by atoms with Crippen LogP contribution in [-0.4, -0.2) is 37.5 Å². The number of nitrogens with zero attached hydrogens (tertiary/aromatic N) is 4. The number of Topliss-reactive ketones (excluding diaryl/α,β-unsaturated/α-hetero) is 2. The highest BCUT2D eigenvalue weighted by atomic mass is 32.1. The Morgan fingerprint density at radius 3 is 2.52 bits per heavy atom. The number of aliphatic hydroxyl groups excluding tert-OH is 1. The van der Waals surface area contributed by atoms with E-state index in [0.29, 0.717) is 10.6 Å². The van der Waals surface area contributed by atoms with Gasteiger partial charge in [-0.05, 0) is 24.6 Å². The molecule has 1 unspecified atom stereocenters. The smallest absolute Gasteiger partial charge is 0.301 e. The molecule has 3 aromatic rings. The summed E-state index contributed by atoms with van der Waals surface area (Å²) in [4.78, 5) is 58.5. The fourth-order valence-corrected chi connectivity index (χ4v) is 4.62. The maximum Gasteiger partial charge on any atom is 0.301 e. The molecule has 2 aromatic heterocycles. The van der Waals surface area contributed by atoms with E-state index >= 15 is 0 Å². The number of nitro benzene ring substituents is 1. The fraction of sp³-hybridized carbons (Fsp3) is 0.136. The van der Waals surface area contributed by atoms with Crippen LogP contribution in [-0.2, 0) is 9.59 Å². The highest BCUT2D eigenvalue weighted by Crippen LogP contribution is 2.44. The topological polar surface area (TPSA) is 144 Å². The molecule has 1 amide bonds. The molecule has 0 bridgehead atoms. The Hall–Kier alpha value is -4.25.